The van der Waals surface area contributed by atoms with Gasteiger partial charge in [-0.15, -0.1) is 11.3 Å². The van der Waals surface area contributed by atoms with Gasteiger partial charge in [-0.05, 0) is 18.6 Å². The average Bonchev–Trinajstić information content (AvgIpc) is 2.77. The van der Waals surface area contributed by atoms with Gasteiger partial charge in [0, 0.05) is 40.8 Å². The number of nitrogens with one attached hydrogen (secondary N) is 1. The van der Waals surface area contributed by atoms with E-state index >= 15 is 0 Å². The van der Waals surface area contributed by atoms with Gasteiger partial charge in [-0.1, -0.05) is 15.9 Å². The molecule has 0 amide bonds. The Morgan fingerprint density at radius 3 is 2.84 bits per heavy atom. The van der Waals surface area contributed by atoms with E-state index < -0.39 is 4.92 Å². The highest BCUT2D eigenvalue weighted by Crippen LogP contribution is 2.23. The Balaban J connectivity index is 1.94. The number of rotatable bonds is 5. The van der Waals surface area contributed by atoms with Gasteiger partial charge in [-0.25, -0.2) is 4.98 Å². The summed E-state index contributed by atoms with van der Waals surface area (Å²) < 4.78 is 0.745. The minimum absolute atomic E-state index is 0.0914. The summed E-state index contributed by atoms with van der Waals surface area (Å²) in [4.78, 5) is 15.6. The second-order valence-corrected chi connectivity index (χ2v) is 6.16. The first-order valence-electron chi connectivity index (χ1n) is 5.61. The molecule has 5 nitrogen and oxygen atoms in total. The summed E-state index contributed by atoms with van der Waals surface area (Å²) in [6.45, 7) is 3.37. The molecule has 19 heavy (non-hydrogen) atoms. The molecule has 0 saturated heterocycles. The predicted molar refractivity (Wildman–Crippen MR) is 78.2 cm³/mol. The first-order valence-corrected chi connectivity index (χ1v) is 7.22. The molecule has 1 heterocycles. The molecule has 100 valence electrons. The lowest BCUT2D eigenvalue weighted by Crippen LogP contribution is -2.12. The Morgan fingerprint density at radius 1 is 1.47 bits per heavy atom. The fourth-order valence-electron chi connectivity index (χ4n) is 1.60. The molecule has 0 spiro atoms. The number of thiazole rings is 1. The summed E-state index contributed by atoms with van der Waals surface area (Å²) in [5, 5.41) is 15.0. The highest BCUT2D eigenvalue weighted by Gasteiger charge is 2.08. The summed E-state index contributed by atoms with van der Waals surface area (Å²) in [6, 6.07) is 4.79. The molecule has 0 unspecified atom stereocenters. The second kappa shape index (κ2) is 6.23. The van der Waals surface area contributed by atoms with Crippen molar-refractivity contribution in [2.24, 2.45) is 0 Å². The molecule has 7 heteroatoms. The zero-order valence-electron chi connectivity index (χ0n) is 10.2. The zero-order valence-corrected chi connectivity index (χ0v) is 12.6. The molecular weight excluding hydrogens is 330 g/mol. The van der Waals surface area contributed by atoms with Gasteiger partial charge in [0.15, 0.2) is 0 Å². The number of aromatic nitrogens is 1. The van der Waals surface area contributed by atoms with Crippen LogP contribution in [0.3, 0.4) is 0 Å². The standard InChI is InChI=1S/C12H12BrN3O2S/c1-8-15-7-11(19-8)6-14-5-9-2-3-10(16(17)18)4-12(9)13/h2-4,7,14H,5-6H2,1H3. The van der Waals surface area contributed by atoms with Gasteiger partial charge >= 0.3 is 0 Å². The molecule has 0 aliphatic rings. The maximum absolute atomic E-state index is 10.6. The highest BCUT2D eigenvalue weighted by molar-refractivity contribution is 9.10. The van der Waals surface area contributed by atoms with Crippen LogP contribution in [-0.2, 0) is 13.1 Å². The van der Waals surface area contributed by atoms with Gasteiger partial charge in [-0.2, -0.15) is 0 Å². The van der Waals surface area contributed by atoms with Crippen LogP contribution in [0.25, 0.3) is 0 Å². The lowest BCUT2D eigenvalue weighted by molar-refractivity contribution is -0.384. The lowest BCUT2D eigenvalue weighted by atomic mass is 10.2. The van der Waals surface area contributed by atoms with Crippen LogP contribution in [0.2, 0.25) is 0 Å². The van der Waals surface area contributed by atoms with Gasteiger partial charge in [0.25, 0.3) is 5.69 Å². The summed E-state index contributed by atoms with van der Waals surface area (Å²) >= 11 is 5.01. The third-order valence-electron chi connectivity index (χ3n) is 2.53. The summed E-state index contributed by atoms with van der Waals surface area (Å²) in [5.74, 6) is 0. The molecule has 0 aliphatic heterocycles. The van der Waals surface area contributed by atoms with E-state index in [4.69, 9.17) is 0 Å². The van der Waals surface area contributed by atoms with Crippen LogP contribution in [0.15, 0.2) is 28.9 Å². The third kappa shape index (κ3) is 3.82. The molecule has 0 fully saturated rings. The van der Waals surface area contributed by atoms with E-state index in [0.717, 1.165) is 21.6 Å². The molecule has 0 radical (unpaired) electrons. The molecule has 0 saturated carbocycles. The second-order valence-electron chi connectivity index (χ2n) is 3.98. The number of nitro groups is 1. The summed E-state index contributed by atoms with van der Waals surface area (Å²) in [7, 11) is 0. The number of hydrogen-bond donors (Lipinski definition) is 1. The molecule has 0 bridgehead atoms. The van der Waals surface area contributed by atoms with Crippen molar-refractivity contribution in [1.29, 1.82) is 0 Å². The molecule has 2 rings (SSSR count). The smallest absolute Gasteiger partial charge is 0.270 e. The molecule has 0 atom stereocenters. The summed E-state index contributed by atoms with van der Waals surface area (Å²) in [5.41, 5.74) is 1.08. The van der Waals surface area contributed by atoms with E-state index in [0.29, 0.717) is 6.54 Å². The molecule has 0 aliphatic carbocycles. The van der Waals surface area contributed by atoms with Crippen LogP contribution >= 0.6 is 27.3 Å². The van der Waals surface area contributed by atoms with Crippen LogP contribution in [0.5, 0.6) is 0 Å². The number of aryl methyl sites for hydroxylation is 1. The van der Waals surface area contributed by atoms with Crippen LogP contribution < -0.4 is 5.32 Å². The van der Waals surface area contributed by atoms with Crippen LogP contribution in [-0.4, -0.2) is 9.91 Å². The van der Waals surface area contributed by atoms with Crippen molar-refractivity contribution >= 4 is 33.0 Å². The first-order chi connectivity index (χ1) is 9.06. The van der Waals surface area contributed by atoms with E-state index in [-0.39, 0.29) is 5.69 Å². The largest absolute Gasteiger partial charge is 0.308 e. The third-order valence-corrected chi connectivity index (χ3v) is 4.18. The van der Waals surface area contributed by atoms with Crippen LogP contribution in [0, 0.1) is 17.0 Å². The average molecular weight is 342 g/mol. The SMILES string of the molecule is Cc1ncc(CNCc2ccc([N+](=O)[O-])cc2Br)s1. The number of benzene rings is 1. The predicted octanol–water partition coefficient (Wildman–Crippen LogP) is 3.41. The number of non-ortho nitro benzene ring substituents is 1. The number of halogens is 1. The van der Waals surface area contributed by atoms with Crippen molar-refractivity contribution in [2.45, 2.75) is 20.0 Å². The molecular formula is C12H12BrN3O2S. The minimum Gasteiger partial charge on any atom is -0.308 e. The van der Waals surface area contributed by atoms with Gasteiger partial charge < -0.3 is 5.32 Å². The first kappa shape index (κ1) is 14.1. The fraction of sp³-hybridized carbons (Fsp3) is 0.250. The Bertz CT molecular complexity index is 600. The molecule has 1 aromatic heterocycles. The molecule has 2 aromatic rings. The monoisotopic (exact) mass is 341 g/mol. The van der Waals surface area contributed by atoms with Crippen molar-refractivity contribution < 1.29 is 4.92 Å². The van der Waals surface area contributed by atoms with E-state index in [1.54, 1.807) is 17.4 Å². The quantitative estimate of drug-likeness (QED) is 0.668. The number of nitrogens with zero attached hydrogens (tertiary/aromatic N) is 2. The Hall–Kier alpha value is -1.31. The number of hydrogen-bond acceptors (Lipinski definition) is 5. The van der Waals surface area contributed by atoms with Crippen molar-refractivity contribution in [2.75, 3.05) is 0 Å². The maximum Gasteiger partial charge on any atom is 0.270 e. The Labute approximate surface area is 123 Å². The van der Waals surface area contributed by atoms with Gasteiger partial charge in [0.2, 0.25) is 0 Å². The molecule has 1 N–H and O–H groups in total. The van der Waals surface area contributed by atoms with Crippen LogP contribution in [0.1, 0.15) is 15.4 Å². The highest BCUT2D eigenvalue weighted by atomic mass is 79.9. The lowest BCUT2D eigenvalue weighted by Gasteiger charge is -2.05. The Morgan fingerprint density at radius 2 is 2.26 bits per heavy atom. The van der Waals surface area contributed by atoms with Gasteiger partial charge in [0.05, 0.1) is 9.93 Å². The molecule has 1 aromatic carbocycles. The topological polar surface area (TPSA) is 68.1 Å². The minimum atomic E-state index is -0.401. The van der Waals surface area contributed by atoms with Crippen molar-refractivity contribution in [3.8, 4) is 0 Å². The van der Waals surface area contributed by atoms with Gasteiger partial charge in [-0.3, -0.25) is 10.1 Å². The number of nitro benzene ring substituents is 1. The summed E-state index contributed by atoms with van der Waals surface area (Å²) in [6.07, 6.45) is 1.86. The van der Waals surface area contributed by atoms with Crippen molar-refractivity contribution in [1.82, 2.24) is 10.3 Å². The van der Waals surface area contributed by atoms with E-state index in [1.165, 1.54) is 17.0 Å². The van der Waals surface area contributed by atoms with E-state index in [1.807, 2.05) is 13.1 Å². The van der Waals surface area contributed by atoms with E-state index in [9.17, 15) is 10.1 Å². The zero-order chi connectivity index (χ0) is 13.8. The van der Waals surface area contributed by atoms with Crippen molar-refractivity contribution in [3.63, 3.8) is 0 Å². The van der Waals surface area contributed by atoms with E-state index in [2.05, 4.69) is 26.2 Å². The fourth-order valence-corrected chi connectivity index (χ4v) is 2.87. The van der Waals surface area contributed by atoms with Crippen LogP contribution in [0.4, 0.5) is 5.69 Å². The Kier molecular flexibility index (Phi) is 4.62. The van der Waals surface area contributed by atoms with Crippen molar-refractivity contribution in [3.05, 3.63) is 54.4 Å². The van der Waals surface area contributed by atoms with Gasteiger partial charge in [0.1, 0.15) is 0 Å². The normalized spacial score (nSPS) is 10.6. The maximum atomic E-state index is 10.6.